The number of rotatable bonds is 0. The van der Waals surface area contributed by atoms with Crippen LogP contribution in [0.2, 0.25) is 0 Å². The molecule has 0 saturated heterocycles. The van der Waals surface area contributed by atoms with Crippen LogP contribution in [0.4, 0.5) is 0 Å². The van der Waals surface area contributed by atoms with Crippen LogP contribution < -0.4 is 0 Å². The summed E-state index contributed by atoms with van der Waals surface area (Å²) in [5, 5.41) is 0. The Morgan fingerprint density at radius 3 is 2.50 bits per heavy atom. The van der Waals surface area contributed by atoms with E-state index in [0.29, 0.717) is 0 Å². The molecule has 4 rings (SSSR count). The highest BCUT2D eigenvalue weighted by atomic mass is 14.3. The van der Waals surface area contributed by atoms with Crippen molar-refractivity contribution in [3.8, 4) is 0 Å². The Morgan fingerprint density at radius 1 is 0.750 bits per heavy atom. The van der Waals surface area contributed by atoms with Crippen LogP contribution in [0.1, 0.15) is 29.5 Å². The molecule has 0 saturated carbocycles. The molecule has 0 radical (unpaired) electrons. The van der Waals surface area contributed by atoms with E-state index < -0.39 is 0 Å². The molecule has 0 amide bonds. The summed E-state index contributed by atoms with van der Waals surface area (Å²) in [6.07, 6.45) is 22.2. The van der Waals surface area contributed by atoms with E-state index in [1.54, 1.807) is 0 Å². The van der Waals surface area contributed by atoms with E-state index in [0.717, 1.165) is 12.8 Å². The van der Waals surface area contributed by atoms with Crippen LogP contribution in [0.5, 0.6) is 0 Å². The lowest BCUT2D eigenvalue weighted by Crippen LogP contribution is -1.89. The molecule has 0 heterocycles. The molecular weight excluding hydrogens is 240 g/mol. The molecule has 3 aliphatic rings. The molecule has 0 aliphatic heterocycles. The van der Waals surface area contributed by atoms with E-state index in [4.69, 9.17) is 0 Å². The molecule has 1 aromatic rings. The van der Waals surface area contributed by atoms with Crippen molar-refractivity contribution in [1.29, 1.82) is 0 Å². The van der Waals surface area contributed by atoms with Crippen molar-refractivity contribution >= 4 is 17.2 Å². The topological polar surface area (TPSA) is 0 Å². The minimum Gasteiger partial charge on any atom is -0.0836 e. The van der Waals surface area contributed by atoms with Crippen molar-refractivity contribution in [2.45, 2.75) is 12.8 Å². The van der Waals surface area contributed by atoms with Crippen LogP contribution in [-0.2, 0) is 0 Å². The summed E-state index contributed by atoms with van der Waals surface area (Å²) in [5.41, 5.74) is 8.15. The minimum atomic E-state index is 1.12. The first-order valence-electron chi connectivity index (χ1n) is 7.22. The standard InChI is InChI=1S/C20H16/c1-2-6-12-17-16(11-5-1)18-13-7-3-4-9-15-10-8-14-19(17)20(15)18/h3-14H,1-2H2/b4-3?,7-3?,9-4?,11-5-,12-6?,13-7?,15-9?,18-13?. The number of hydrogen-bond acceptors (Lipinski definition) is 0. The van der Waals surface area contributed by atoms with Crippen LogP contribution >= 0.6 is 0 Å². The summed E-state index contributed by atoms with van der Waals surface area (Å²) in [5.74, 6) is 0. The largest absolute Gasteiger partial charge is 0.0836 e. The molecule has 0 atom stereocenters. The SMILES string of the molecule is C1=CC=C2C3=C(C=CCC/C=C\3)c3cccc(c32)C=C1. The molecular formula is C20H16. The second-order valence-electron chi connectivity index (χ2n) is 5.30. The van der Waals surface area contributed by atoms with Gasteiger partial charge in [-0.3, -0.25) is 0 Å². The second-order valence-corrected chi connectivity index (χ2v) is 5.30. The Bertz CT molecular complexity index is 746. The van der Waals surface area contributed by atoms with Crippen LogP contribution in [0.25, 0.3) is 17.2 Å². The number of benzene rings is 1. The Kier molecular flexibility index (Phi) is 2.67. The van der Waals surface area contributed by atoms with Gasteiger partial charge in [-0.15, -0.1) is 0 Å². The highest BCUT2D eigenvalue weighted by molar-refractivity contribution is 6.07. The maximum absolute atomic E-state index is 2.30. The van der Waals surface area contributed by atoms with Gasteiger partial charge < -0.3 is 0 Å². The third-order valence-electron chi connectivity index (χ3n) is 4.07. The fourth-order valence-electron chi connectivity index (χ4n) is 3.16. The van der Waals surface area contributed by atoms with Crippen molar-refractivity contribution in [3.05, 3.63) is 89.1 Å². The maximum Gasteiger partial charge on any atom is -0.00264 e. The van der Waals surface area contributed by atoms with Crippen LogP contribution in [0.15, 0.2) is 72.4 Å². The number of allylic oxidation sites excluding steroid dienone is 11. The molecule has 0 bridgehead atoms. The molecule has 0 fully saturated rings. The quantitative estimate of drug-likeness (QED) is 0.589. The van der Waals surface area contributed by atoms with Gasteiger partial charge >= 0.3 is 0 Å². The third-order valence-corrected chi connectivity index (χ3v) is 4.07. The van der Waals surface area contributed by atoms with Gasteiger partial charge in [0.05, 0.1) is 0 Å². The monoisotopic (exact) mass is 256 g/mol. The first-order valence-corrected chi connectivity index (χ1v) is 7.22. The number of fused-ring (bicyclic) bond motifs is 2. The first kappa shape index (κ1) is 11.5. The van der Waals surface area contributed by atoms with Crippen molar-refractivity contribution in [2.24, 2.45) is 0 Å². The average Bonchev–Trinajstić information content (AvgIpc) is 2.68. The Morgan fingerprint density at radius 2 is 1.60 bits per heavy atom. The molecule has 0 aromatic heterocycles. The van der Waals surface area contributed by atoms with Gasteiger partial charge in [-0.25, -0.2) is 0 Å². The molecule has 96 valence electrons. The normalized spacial score (nSPS) is 20.5. The highest BCUT2D eigenvalue weighted by Gasteiger charge is 2.25. The summed E-state index contributed by atoms with van der Waals surface area (Å²) in [7, 11) is 0. The van der Waals surface area contributed by atoms with Gasteiger partial charge in [0.25, 0.3) is 0 Å². The van der Waals surface area contributed by atoms with Crippen molar-refractivity contribution in [2.75, 3.05) is 0 Å². The molecule has 0 unspecified atom stereocenters. The van der Waals surface area contributed by atoms with Gasteiger partial charge in [0.2, 0.25) is 0 Å². The van der Waals surface area contributed by atoms with Crippen LogP contribution in [-0.4, -0.2) is 0 Å². The van der Waals surface area contributed by atoms with E-state index in [1.165, 1.54) is 33.4 Å². The molecule has 20 heavy (non-hydrogen) atoms. The fourth-order valence-corrected chi connectivity index (χ4v) is 3.16. The smallest absolute Gasteiger partial charge is 0.00264 e. The molecule has 1 aromatic carbocycles. The van der Waals surface area contributed by atoms with Crippen molar-refractivity contribution in [3.63, 3.8) is 0 Å². The van der Waals surface area contributed by atoms with Gasteiger partial charge in [-0.2, -0.15) is 0 Å². The number of hydrogen-bond donors (Lipinski definition) is 0. The predicted molar refractivity (Wildman–Crippen MR) is 87.0 cm³/mol. The van der Waals surface area contributed by atoms with Crippen molar-refractivity contribution in [1.82, 2.24) is 0 Å². The Labute approximate surface area is 119 Å². The van der Waals surface area contributed by atoms with E-state index in [2.05, 4.69) is 72.9 Å². The van der Waals surface area contributed by atoms with Crippen LogP contribution in [0.3, 0.4) is 0 Å². The maximum atomic E-state index is 2.30. The predicted octanol–water partition coefficient (Wildman–Crippen LogP) is 5.33. The van der Waals surface area contributed by atoms with Crippen LogP contribution in [0, 0.1) is 0 Å². The molecule has 0 spiro atoms. The van der Waals surface area contributed by atoms with Crippen molar-refractivity contribution < 1.29 is 0 Å². The summed E-state index contributed by atoms with van der Waals surface area (Å²) in [6.45, 7) is 0. The first-order chi connectivity index (χ1) is 9.95. The van der Waals surface area contributed by atoms with E-state index >= 15 is 0 Å². The van der Waals surface area contributed by atoms with Gasteiger partial charge in [0, 0.05) is 0 Å². The zero-order valence-corrected chi connectivity index (χ0v) is 11.3. The molecule has 0 heteroatoms. The molecule has 3 aliphatic carbocycles. The zero-order chi connectivity index (χ0) is 13.4. The second kappa shape index (κ2) is 4.64. The molecule has 0 N–H and O–H groups in total. The lowest BCUT2D eigenvalue weighted by Gasteiger charge is -2.09. The van der Waals surface area contributed by atoms with Gasteiger partial charge in [0.15, 0.2) is 0 Å². The minimum absolute atomic E-state index is 1.12. The highest BCUT2D eigenvalue weighted by Crippen LogP contribution is 2.45. The van der Waals surface area contributed by atoms with E-state index in [9.17, 15) is 0 Å². The van der Waals surface area contributed by atoms with Gasteiger partial charge in [0.1, 0.15) is 0 Å². The Hall–Kier alpha value is -2.34. The third kappa shape index (κ3) is 1.69. The zero-order valence-electron chi connectivity index (χ0n) is 11.3. The lowest BCUT2D eigenvalue weighted by molar-refractivity contribution is 1.05. The fraction of sp³-hybridized carbons (Fsp3) is 0.100. The Balaban J connectivity index is 2.06. The van der Waals surface area contributed by atoms with E-state index in [-0.39, 0.29) is 0 Å². The van der Waals surface area contributed by atoms with Gasteiger partial charge in [-0.05, 0) is 46.3 Å². The summed E-state index contributed by atoms with van der Waals surface area (Å²) in [4.78, 5) is 0. The lowest BCUT2D eigenvalue weighted by atomic mass is 9.95. The average molecular weight is 256 g/mol. The van der Waals surface area contributed by atoms with E-state index in [1.807, 2.05) is 0 Å². The van der Waals surface area contributed by atoms with Gasteiger partial charge in [-0.1, -0.05) is 72.9 Å². The molecule has 0 nitrogen and oxygen atoms in total. The summed E-state index contributed by atoms with van der Waals surface area (Å²) < 4.78 is 0. The summed E-state index contributed by atoms with van der Waals surface area (Å²) in [6, 6.07) is 6.61. The summed E-state index contributed by atoms with van der Waals surface area (Å²) >= 11 is 0.